The van der Waals surface area contributed by atoms with Crippen LogP contribution in [0.25, 0.3) is 0 Å². The van der Waals surface area contributed by atoms with Gasteiger partial charge in [0.05, 0.1) is 5.69 Å². The van der Waals surface area contributed by atoms with E-state index in [9.17, 15) is 9.59 Å². The van der Waals surface area contributed by atoms with Crippen molar-refractivity contribution >= 4 is 29.0 Å². The Morgan fingerprint density at radius 1 is 1.22 bits per heavy atom. The predicted octanol–water partition coefficient (Wildman–Crippen LogP) is 3.65. The highest BCUT2D eigenvalue weighted by molar-refractivity contribution is 6.30. The van der Waals surface area contributed by atoms with Gasteiger partial charge in [-0.1, -0.05) is 23.7 Å². The first-order valence-corrected chi connectivity index (χ1v) is 7.75. The first-order valence-electron chi connectivity index (χ1n) is 7.38. The van der Waals surface area contributed by atoms with Crippen LogP contribution in [-0.2, 0) is 4.79 Å². The van der Waals surface area contributed by atoms with Crippen LogP contribution < -0.4 is 9.64 Å². The Bertz CT molecular complexity index is 755. The van der Waals surface area contributed by atoms with E-state index in [1.54, 1.807) is 35.2 Å². The van der Waals surface area contributed by atoms with E-state index >= 15 is 0 Å². The number of carbonyl (C=O) groups is 2. The van der Waals surface area contributed by atoms with Gasteiger partial charge in [0.1, 0.15) is 5.75 Å². The van der Waals surface area contributed by atoms with E-state index in [1.807, 2.05) is 19.1 Å². The number of ether oxygens (including phenoxy) is 1. The number of amides is 1. The van der Waals surface area contributed by atoms with E-state index < -0.39 is 0 Å². The maximum absolute atomic E-state index is 12.5. The molecule has 0 bridgehead atoms. The number of fused-ring (bicyclic) bond motifs is 1. The Balaban J connectivity index is 1.77. The maximum Gasteiger partial charge on any atom is 0.264 e. The molecule has 0 N–H and O–H groups in total. The highest BCUT2D eigenvalue weighted by atomic mass is 35.5. The molecule has 0 aromatic heterocycles. The minimum atomic E-state index is -0.164. The molecule has 23 heavy (non-hydrogen) atoms. The third kappa shape index (κ3) is 3.22. The zero-order valence-corrected chi connectivity index (χ0v) is 13.5. The van der Waals surface area contributed by atoms with E-state index in [2.05, 4.69) is 0 Å². The van der Waals surface area contributed by atoms with Gasteiger partial charge in [0, 0.05) is 23.6 Å². The molecule has 1 aliphatic heterocycles. The third-order valence-corrected chi connectivity index (χ3v) is 4.10. The number of benzene rings is 2. The van der Waals surface area contributed by atoms with Crippen molar-refractivity contribution in [2.75, 3.05) is 18.1 Å². The molecular weight excluding hydrogens is 314 g/mol. The van der Waals surface area contributed by atoms with Gasteiger partial charge < -0.3 is 9.64 Å². The average molecular weight is 330 g/mol. The molecule has 0 unspecified atom stereocenters. The van der Waals surface area contributed by atoms with Gasteiger partial charge in [0.25, 0.3) is 5.91 Å². The normalized spacial score (nSPS) is 13.7. The fourth-order valence-electron chi connectivity index (χ4n) is 2.71. The number of para-hydroxylation sites is 1. The van der Waals surface area contributed by atoms with E-state index in [0.29, 0.717) is 35.0 Å². The van der Waals surface area contributed by atoms with Crippen molar-refractivity contribution in [3.8, 4) is 5.75 Å². The quantitative estimate of drug-likeness (QED) is 0.863. The maximum atomic E-state index is 12.5. The van der Waals surface area contributed by atoms with Crippen LogP contribution in [0.1, 0.15) is 22.3 Å². The second kappa shape index (κ2) is 6.42. The highest BCUT2D eigenvalue weighted by Gasteiger charge is 2.28. The zero-order chi connectivity index (χ0) is 16.4. The second-order valence-corrected chi connectivity index (χ2v) is 5.87. The molecule has 1 aliphatic rings. The van der Waals surface area contributed by atoms with Gasteiger partial charge in [0.2, 0.25) is 0 Å². The van der Waals surface area contributed by atoms with Crippen molar-refractivity contribution in [3.05, 3.63) is 58.6 Å². The largest absolute Gasteiger partial charge is 0.484 e. The molecule has 2 aromatic carbocycles. The minimum absolute atomic E-state index is 0.0753. The number of anilines is 1. The first-order chi connectivity index (χ1) is 11.1. The number of hydrogen-bond donors (Lipinski definition) is 0. The van der Waals surface area contributed by atoms with Crippen molar-refractivity contribution in [2.45, 2.75) is 13.3 Å². The lowest BCUT2D eigenvalue weighted by Crippen LogP contribution is -2.40. The summed E-state index contributed by atoms with van der Waals surface area (Å²) in [5.74, 6) is 0.496. The number of carbonyl (C=O) groups excluding carboxylic acids is 2. The van der Waals surface area contributed by atoms with Gasteiger partial charge in [-0.05, 0) is 42.8 Å². The molecule has 3 rings (SSSR count). The van der Waals surface area contributed by atoms with Crippen LogP contribution in [0.4, 0.5) is 5.69 Å². The summed E-state index contributed by atoms with van der Waals surface area (Å²) in [5.41, 5.74) is 2.22. The minimum Gasteiger partial charge on any atom is -0.484 e. The SMILES string of the molecule is Cc1cccc2c1N(C(=O)COc1ccc(Cl)cc1)CCC2=O. The number of aryl methyl sites for hydroxylation is 1. The smallest absolute Gasteiger partial charge is 0.264 e. The van der Waals surface area contributed by atoms with Crippen LogP contribution in [0.2, 0.25) is 5.02 Å². The topological polar surface area (TPSA) is 46.6 Å². The van der Waals surface area contributed by atoms with E-state index in [1.165, 1.54) is 0 Å². The van der Waals surface area contributed by atoms with Crippen molar-refractivity contribution in [3.63, 3.8) is 0 Å². The Hall–Kier alpha value is -2.33. The first kappa shape index (κ1) is 15.6. The number of nitrogens with zero attached hydrogens (tertiary/aromatic N) is 1. The zero-order valence-electron chi connectivity index (χ0n) is 12.7. The number of ketones is 1. The lowest BCUT2D eigenvalue weighted by Gasteiger charge is -2.30. The summed E-state index contributed by atoms with van der Waals surface area (Å²) < 4.78 is 5.52. The van der Waals surface area contributed by atoms with Gasteiger partial charge in [-0.25, -0.2) is 0 Å². The number of rotatable bonds is 3. The van der Waals surface area contributed by atoms with Crippen molar-refractivity contribution in [2.24, 2.45) is 0 Å². The van der Waals surface area contributed by atoms with Gasteiger partial charge >= 0.3 is 0 Å². The van der Waals surface area contributed by atoms with Crippen LogP contribution in [-0.4, -0.2) is 24.8 Å². The summed E-state index contributed by atoms with van der Waals surface area (Å²) in [6.07, 6.45) is 0.336. The molecular formula is C18H16ClNO3. The van der Waals surface area contributed by atoms with Crippen molar-refractivity contribution < 1.29 is 14.3 Å². The van der Waals surface area contributed by atoms with Crippen LogP contribution >= 0.6 is 11.6 Å². The molecule has 118 valence electrons. The van der Waals surface area contributed by atoms with Gasteiger partial charge in [0.15, 0.2) is 12.4 Å². The number of hydrogen-bond acceptors (Lipinski definition) is 3. The Morgan fingerprint density at radius 2 is 1.96 bits per heavy atom. The standard InChI is InChI=1S/C18H16ClNO3/c1-12-3-2-4-15-16(21)9-10-20(18(12)15)17(22)11-23-14-7-5-13(19)6-8-14/h2-8H,9-11H2,1H3. The Labute approximate surface area is 139 Å². The molecule has 1 amide bonds. The molecule has 0 atom stereocenters. The van der Waals surface area contributed by atoms with E-state index in [-0.39, 0.29) is 18.3 Å². The summed E-state index contributed by atoms with van der Waals surface area (Å²) in [4.78, 5) is 26.2. The molecule has 0 fully saturated rings. The van der Waals surface area contributed by atoms with Crippen LogP contribution in [0.15, 0.2) is 42.5 Å². The number of halogens is 1. The molecule has 0 spiro atoms. The second-order valence-electron chi connectivity index (χ2n) is 5.43. The molecule has 0 radical (unpaired) electrons. The molecule has 1 heterocycles. The van der Waals surface area contributed by atoms with Crippen molar-refractivity contribution in [1.82, 2.24) is 0 Å². The number of Topliss-reactive ketones (excluding diaryl/α,β-unsaturated/α-hetero) is 1. The molecule has 0 aliphatic carbocycles. The monoisotopic (exact) mass is 329 g/mol. The predicted molar refractivity (Wildman–Crippen MR) is 89.4 cm³/mol. The van der Waals surface area contributed by atoms with Crippen molar-refractivity contribution in [1.29, 1.82) is 0 Å². The summed E-state index contributed by atoms with van der Waals surface area (Å²) in [6.45, 7) is 2.21. The molecule has 4 nitrogen and oxygen atoms in total. The van der Waals surface area contributed by atoms with Gasteiger partial charge in [-0.2, -0.15) is 0 Å². The van der Waals surface area contributed by atoms with Gasteiger partial charge in [-0.3, -0.25) is 9.59 Å². The average Bonchev–Trinajstić information content (AvgIpc) is 2.55. The molecule has 0 saturated carbocycles. The Morgan fingerprint density at radius 3 is 2.70 bits per heavy atom. The van der Waals surface area contributed by atoms with Crippen LogP contribution in [0, 0.1) is 6.92 Å². The summed E-state index contributed by atoms with van der Waals surface area (Å²) in [7, 11) is 0. The summed E-state index contributed by atoms with van der Waals surface area (Å²) >= 11 is 5.82. The highest BCUT2D eigenvalue weighted by Crippen LogP contribution is 2.30. The van der Waals surface area contributed by atoms with E-state index in [0.717, 1.165) is 5.56 Å². The van der Waals surface area contributed by atoms with Crippen LogP contribution in [0.5, 0.6) is 5.75 Å². The van der Waals surface area contributed by atoms with E-state index in [4.69, 9.17) is 16.3 Å². The molecule has 2 aromatic rings. The lowest BCUT2D eigenvalue weighted by atomic mass is 9.97. The summed E-state index contributed by atoms with van der Waals surface area (Å²) in [5, 5.41) is 0.614. The fourth-order valence-corrected chi connectivity index (χ4v) is 2.83. The van der Waals surface area contributed by atoms with Crippen LogP contribution in [0.3, 0.4) is 0 Å². The Kier molecular flexibility index (Phi) is 4.35. The molecule has 0 saturated heterocycles. The molecule has 5 heteroatoms. The summed E-state index contributed by atoms with van der Waals surface area (Å²) in [6, 6.07) is 12.4. The lowest BCUT2D eigenvalue weighted by molar-refractivity contribution is -0.120. The fraction of sp³-hybridized carbons (Fsp3) is 0.222. The third-order valence-electron chi connectivity index (χ3n) is 3.85. The van der Waals surface area contributed by atoms with Gasteiger partial charge in [-0.15, -0.1) is 0 Å².